The molecule has 140 valence electrons. The van der Waals surface area contributed by atoms with Crippen LogP contribution in [0.3, 0.4) is 0 Å². The van der Waals surface area contributed by atoms with Gasteiger partial charge < -0.3 is 17.0 Å². The zero-order valence-electron chi connectivity index (χ0n) is 15.4. The summed E-state index contributed by atoms with van der Waals surface area (Å²) in [6.07, 6.45) is 0.963. The lowest BCUT2D eigenvalue weighted by Gasteiger charge is -2.28. The van der Waals surface area contributed by atoms with Gasteiger partial charge in [0, 0.05) is 10.5 Å². The highest BCUT2D eigenvalue weighted by Crippen LogP contribution is 2.58. The van der Waals surface area contributed by atoms with E-state index in [0.717, 1.165) is 11.1 Å². The summed E-state index contributed by atoms with van der Waals surface area (Å²) in [5, 5.41) is 4.21. The molecule has 0 spiro atoms. The highest BCUT2D eigenvalue weighted by Gasteiger charge is 2.45. The van der Waals surface area contributed by atoms with Crippen LogP contribution in [0.25, 0.3) is 0 Å². The molecule has 0 fully saturated rings. The minimum Gasteiger partial charge on any atom is -1.00 e. The second-order valence-electron chi connectivity index (χ2n) is 6.60. The quantitative estimate of drug-likeness (QED) is 0.340. The number of hydrogen-bond acceptors (Lipinski definition) is 1. The summed E-state index contributed by atoms with van der Waals surface area (Å²) in [5.41, 5.74) is 1.30. The van der Waals surface area contributed by atoms with Crippen molar-refractivity contribution in [1.82, 2.24) is 0 Å². The van der Waals surface area contributed by atoms with Gasteiger partial charge in [-0.2, -0.15) is 0 Å². The molecule has 4 aromatic rings. The smallest absolute Gasteiger partial charge is 0.116 e. The normalized spacial score (nSPS) is 10.9. The van der Waals surface area contributed by atoms with Gasteiger partial charge in [-0.3, -0.25) is 0 Å². The molecule has 0 aliphatic heterocycles. The second-order valence-corrected chi connectivity index (χ2v) is 10.6. The van der Waals surface area contributed by atoms with Crippen LogP contribution < -0.4 is 32.9 Å². The van der Waals surface area contributed by atoms with E-state index in [9.17, 15) is 0 Å². The van der Waals surface area contributed by atoms with E-state index in [1.807, 2.05) is 0 Å². The van der Waals surface area contributed by atoms with Crippen LogP contribution >= 0.6 is 19.9 Å². The van der Waals surface area contributed by atoms with Gasteiger partial charge in [0.25, 0.3) is 0 Å². The summed E-state index contributed by atoms with van der Waals surface area (Å²) in [7, 11) is -1.85. The predicted molar refractivity (Wildman–Crippen MR) is 123 cm³/mol. The number of halogens is 1. The molecule has 0 atom stereocenters. The third-order valence-corrected chi connectivity index (χ3v) is 9.78. The Kier molecular flexibility index (Phi) is 7.13. The molecule has 0 nitrogen and oxygen atoms in total. The largest absolute Gasteiger partial charge is 1.00 e. The Bertz CT molecular complexity index is 907. The SMILES string of the molecule is Sc1ccccc1C[P+](c1ccccc1)(c1ccccc1)c1ccccc1.[Br-]. The van der Waals surface area contributed by atoms with Crippen LogP contribution in [0.4, 0.5) is 0 Å². The van der Waals surface area contributed by atoms with E-state index in [4.69, 9.17) is 12.6 Å². The van der Waals surface area contributed by atoms with Crippen molar-refractivity contribution in [3.05, 3.63) is 121 Å². The summed E-state index contributed by atoms with van der Waals surface area (Å²) >= 11 is 4.76. The van der Waals surface area contributed by atoms with E-state index in [1.54, 1.807) is 0 Å². The number of hydrogen-bond donors (Lipinski definition) is 1. The lowest BCUT2D eigenvalue weighted by atomic mass is 10.2. The Morgan fingerprint density at radius 2 is 0.857 bits per heavy atom. The zero-order valence-corrected chi connectivity index (χ0v) is 18.8. The molecule has 0 aliphatic rings. The van der Waals surface area contributed by atoms with Gasteiger partial charge in [0.1, 0.15) is 23.2 Å². The van der Waals surface area contributed by atoms with E-state index in [1.165, 1.54) is 21.5 Å². The minimum atomic E-state index is -1.85. The van der Waals surface area contributed by atoms with Gasteiger partial charge in [-0.15, -0.1) is 12.6 Å². The maximum Gasteiger partial charge on any atom is 0.116 e. The molecule has 0 unspecified atom stereocenters. The summed E-state index contributed by atoms with van der Waals surface area (Å²) in [6.45, 7) is 0. The van der Waals surface area contributed by atoms with Gasteiger partial charge in [-0.25, -0.2) is 0 Å². The lowest BCUT2D eigenvalue weighted by molar-refractivity contribution is -0.00000514. The molecule has 28 heavy (non-hydrogen) atoms. The monoisotopic (exact) mass is 464 g/mol. The molecule has 0 N–H and O–H groups in total. The van der Waals surface area contributed by atoms with Gasteiger partial charge in [0.05, 0.1) is 6.16 Å². The van der Waals surface area contributed by atoms with E-state index in [-0.39, 0.29) is 17.0 Å². The Morgan fingerprint density at radius 3 is 1.25 bits per heavy atom. The minimum absolute atomic E-state index is 0. The fourth-order valence-corrected chi connectivity index (χ4v) is 8.31. The Morgan fingerprint density at radius 1 is 0.500 bits per heavy atom. The van der Waals surface area contributed by atoms with Crippen molar-refractivity contribution in [2.24, 2.45) is 0 Å². The van der Waals surface area contributed by atoms with E-state index >= 15 is 0 Å². The fourth-order valence-electron chi connectivity index (χ4n) is 3.67. The first-order chi connectivity index (χ1) is 13.3. The van der Waals surface area contributed by atoms with Crippen molar-refractivity contribution in [2.75, 3.05) is 0 Å². The highest BCUT2D eigenvalue weighted by molar-refractivity contribution is 7.95. The zero-order chi connectivity index (χ0) is 18.5. The molecular weight excluding hydrogens is 443 g/mol. The third kappa shape index (κ3) is 4.10. The standard InChI is InChI=1S/C25H21PS.BrH/c27-25-19-11-10-12-21(25)20-26(22-13-4-1-5-14-22,23-15-6-2-7-16-23)24-17-8-3-9-18-24;/h1-19H,20H2;1H. The molecular formula is C25H22BrPS. The van der Waals surface area contributed by atoms with Crippen LogP contribution in [0, 0.1) is 0 Å². The van der Waals surface area contributed by atoms with Crippen LogP contribution in [0.5, 0.6) is 0 Å². The molecule has 0 saturated heterocycles. The van der Waals surface area contributed by atoms with Crippen LogP contribution in [0.1, 0.15) is 5.56 Å². The summed E-state index contributed by atoms with van der Waals surface area (Å²) in [4.78, 5) is 1.06. The first-order valence-electron chi connectivity index (χ1n) is 9.12. The molecule has 4 aromatic carbocycles. The molecule has 4 rings (SSSR count). The van der Waals surface area contributed by atoms with Gasteiger partial charge in [0.15, 0.2) is 0 Å². The molecule has 0 amide bonds. The third-order valence-electron chi connectivity index (χ3n) is 4.99. The molecule has 0 aliphatic carbocycles. The Balaban J connectivity index is 0.00000225. The first kappa shape index (κ1) is 20.9. The average Bonchev–Trinajstić information content (AvgIpc) is 2.75. The number of benzene rings is 4. The van der Waals surface area contributed by atoms with E-state index in [2.05, 4.69) is 115 Å². The average molecular weight is 465 g/mol. The van der Waals surface area contributed by atoms with Gasteiger partial charge in [0.2, 0.25) is 0 Å². The number of thiol groups is 1. The fraction of sp³-hybridized carbons (Fsp3) is 0.0400. The maximum absolute atomic E-state index is 4.76. The van der Waals surface area contributed by atoms with Crippen LogP contribution in [-0.2, 0) is 6.16 Å². The predicted octanol–water partition coefficient (Wildman–Crippen LogP) is 2.47. The van der Waals surface area contributed by atoms with Gasteiger partial charge in [-0.1, -0.05) is 72.8 Å². The molecule has 0 bridgehead atoms. The summed E-state index contributed by atoms with van der Waals surface area (Å²) < 4.78 is 0. The maximum atomic E-state index is 4.76. The molecule has 0 aromatic heterocycles. The molecule has 3 heteroatoms. The summed E-state index contributed by atoms with van der Waals surface area (Å²) in [6, 6.07) is 41.4. The van der Waals surface area contributed by atoms with Crippen molar-refractivity contribution >= 4 is 35.8 Å². The van der Waals surface area contributed by atoms with Crippen molar-refractivity contribution in [2.45, 2.75) is 11.1 Å². The van der Waals surface area contributed by atoms with Crippen molar-refractivity contribution in [3.8, 4) is 0 Å². The molecule has 0 radical (unpaired) electrons. The lowest BCUT2D eigenvalue weighted by Crippen LogP contribution is -3.00. The topological polar surface area (TPSA) is 0 Å². The highest BCUT2D eigenvalue weighted by atomic mass is 79.9. The Hall–Kier alpha value is -1.86. The van der Waals surface area contributed by atoms with Gasteiger partial charge in [-0.05, 0) is 42.5 Å². The number of rotatable bonds is 5. The van der Waals surface area contributed by atoms with E-state index < -0.39 is 7.26 Å². The molecule has 0 heterocycles. The van der Waals surface area contributed by atoms with E-state index in [0.29, 0.717) is 0 Å². The van der Waals surface area contributed by atoms with Crippen molar-refractivity contribution in [3.63, 3.8) is 0 Å². The Labute approximate surface area is 184 Å². The van der Waals surface area contributed by atoms with Crippen LogP contribution in [-0.4, -0.2) is 0 Å². The van der Waals surface area contributed by atoms with Crippen LogP contribution in [0.15, 0.2) is 120 Å². The van der Waals surface area contributed by atoms with Gasteiger partial charge >= 0.3 is 0 Å². The van der Waals surface area contributed by atoms with Crippen molar-refractivity contribution in [1.29, 1.82) is 0 Å². The van der Waals surface area contributed by atoms with Crippen LogP contribution in [0.2, 0.25) is 0 Å². The summed E-state index contributed by atoms with van der Waals surface area (Å²) in [5.74, 6) is 0. The first-order valence-corrected chi connectivity index (χ1v) is 11.5. The van der Waals surface area contributed by atoms with Crippen molar-refractivity contribution < 1.29 is 17.0 Å². The second kappa shape index (κ2) is 9.56. The molecule has 0 saturated carbocycles.